The largest absolute Gasteiger partial charge is 0.321 e. The van der Waals surface area contributed by atoms with Crippen LogP contribution in [0.15, 0.2) is 71.8 Å². The second-order valence-corrected chi connectivity index (χ2v) is 7.59. The zero-order chi connectivity index (χ0) is 19.6. The third kappa shape index (κ3) is 4.21. The highest BCUT2D eigenvalue weighted by Crippen LogP contribution is 2.41. The monoisotopic (exact) mass is 383 g/mol. The lowest BCUT2D eigenvalue weighted by atomic mass is 10.0. The highest BCUT2D eigenvalue weighted by Gasteiger charge is 2.40. The Hall–Kier alpha value is -3.03. The summed E-state index contributed by atoms with van der Waals surface area (Å²) >= 11 is 0. The van der Waals surface area contributed by atoms with Gasteiger partial charge in [-0.15, -0.1) is 0 Å². The van der Waals surface area contributed by atoms with Gasteiger partial charge in [0.2, 0.25) is 0 Å². The zero-order valence-corrected chi connectivity index (χ0v) is 15.3. The van der Waals surface area contributed by atoms with Crippen molar-refractivity contribution < 1.29 is 22.6 Å². The maximum atomic E-state index is 12.5. The van der Waals surface area contributed by atoms with Gasteiger partial charge < -0.3 is 5.32 Å². The van der Waals surface area contributed by atoms with Crippen LogP contribution in [0.3, 0.4) is 0 Å². The molecule has 27 heavy (non-hydrogen) atoms. The van der Waals surface area contributed by atoms with E-state index >= 15 is 0 Å². The third-order valence-corrected chi connectivity index (χ3v) is 4.07. The van der Waals surface area contributed by atoms with E-state index in [1.807, 2.05) is 60.7 Å². The first-order valence-corrected chi connectivity index (χ1v) is 9.96. The number of hydrogen-bond donors (Lipinski definition) is 2. The van der Waals surface area contributed by atoms with Crippen LogP contribution >= 0.6 is 0 Å². The van der Waals surface area contributed by atoms with Gasteiger partial charge in [-0.25, -0.2) is 0 Å². The van der Waals surface area contributed by atoms with Crippen molar-refractivity contribution in [2.24, 2.45) is 0 Å². The van der Waals surface area contributed by atoms with E-state index in [0.717, 1.165) is 16.7 Å². The Bertz CT molecular complexity index is 986. The molecule has 7 heteroatoms. The number of allylic oxidation sites excluding steroid dienone is 1. The highest BCUT2D eigenvalue weighted by atomic mass is 32.2. The lowest BCUT2D eigenvalue weighted by molar-refractivity contribution is -0.116. The Labute approximate surface area is 157 Å². The molecule has 2 N–H and O–H groups in total. The van der Waals surface area contributed by atoms with Crippen LogP contribution in [0.1, 0.15) is 17.5 Å². The lowest BCUT2D eigenvalue weighted by Gasteiger charge is -2.05. The normalized spacial score (nSPS) is 16.1. The number of ketones is 1. The summed E-state index contributed by atoms with van der Waals surface area (Å²) < 4.78 is 25.9. The van der Waals surface area contributed by atoms with Gasteiger partial charge in [-0.1, -0.05) is 60.7 Å². The van der Waals surface area contributed by atoms with Gasteiger partial charge in [0.05, 0.1) is 23.1 Å². The lowest BCUT2D eigenvalue weighted by Crippen LogP contribution is -2.16. The SMILES string of the molecule is CS(=O)(=O)O.O=C1CC(c2ccccc2)=C2C(=O)NC(c3ccccc3)=C12. The molecule has 2 aromatic carbocycles. The highest BCUT2D eigenvalue weighted by molar-refractivity contribution is 7.85. The van der Waals surface area contributed by atoms with Crippen LogP contribution in [0.25, 0.3) is 11.3 Å². The predicted octanol–water partition coefficient (Wildman–Crippen LogP) is 2.46. The van der Waals surface area contributed by atoms with Crippen molar-refractivity contribution in [1.29, 1.82) is 0 Å². The molecule has 0 bridgehead atoms. The molecule has 1 heterocycles. The van der Waals surface area contributed by atoms with Crippen LogP contribution in [0, 0.1) is 0 Å². The average Bonchev–Trinajstić information content (AvgIpc) is 3.14. The quantitative estimate of drug-likeness (QED) is 0.776. The molecule has 0 saturated heterocycles. The molecular weight excluding hydrogens is 366 g/mol. The summed E-state index contributed by atoms with van der Waals surface area (Å²) in [5.41, 5.74) is 4.33. The van der Waals surface area contributed by atoms with Gasteiger partial charge in [-0.3, -0.25) is 14.1 Å². The smallest absolute Gasteiger partial charge is 0.261 e. The fraction of sp³-hybridized carbons (Fsp3) is 0.100. The molecule has 6 nitrogen and oxygen atoms in total. The van der Waals surface area contributed by atoms with E-state index < -0.39 is 10.1 Å². The molecule has 0 saturated carbocycles. The van der Waals surface area contributed by atoms with E-state index in [1.54, 1.807) is 0 Å². The third-order valence-electron chi connectivity index (χ3n) is 4.07. The van der Waals surface area contributed by atoms with Gasteiger partial charge >= 0.3 is 0 Å². The molecule has 2 aromatic rings. The number of carbonyl (C=O) groups is 2. The van der Waals surface area contributed by atoms with Crippen molar-refractivity contribution in [1.82, 2.24) is 5.32 Å². The number of rotatable bonds is 2. The first kappa shape index (κ1) is 18.8. The summed E-state index contributed by atoms with van der Waals surface area (Å²) in [6.07, 6.45) is 1.01. The van der Waals surface area contributed by atoms with Gasteiger partial charge in [0.1, 0.15) is 0 Å². The minimum atomic E-state index is -3.67. The molecule has 138 valence electrons. The molecule has 0 fully saturated rings. The van der Waals surface area contributed by atoms with Crippen LogP contribution in [0.5, 0.6) is 0 Å². The summed E-state index contributed by atoms with van der Waals surface area (Å²) in [4.78, 5) is 24.9. The van der Waals surface area contributed by atoms with Crippen LogP contribution in [0.4, 0.5) is 0 Å². The van der Waals surface area contributed by atoms with Gasteiger partial charge in [0.25, 0.3) is 16.0 Å². The van der Waals surface area contributed by atoms with Gasteiger partial charge in [0, 0.05) is 6.42 Å². The first-order valence-electron chi connectivity index (χ1n) is 8.11. The molecule has 2 aliphatic rings. The Morgan fingerprint density at radius 2 is 1.33 bits per heavy atom. The van der Waals surface area contributed by atoms with Crippen molar-refractivity contribution in [2.45, 2.75) is 6.42 Å². The van der Waals surface area contributed by atoms with Gasteiger partial charge in [-0.05, 0) is 16.7 Å². The molecule has 0 spiro atoms. The Morgan fingerprint density at radius 1 is 0.852 bits per heavy atom. The number of amides is 1. The Balaban J connectivity index is 0.000000376. The van der Waals surface area contributed by atoms with Crippen molar-refractivity contribution in [3.63, 3.8) is 0 Å². The second kappa shape index (κ2) is 7.30. The average molecular weight is 383 g/mol. The van der Waals surface area contributed by atoms with E-state index in [0.29, 0.717) is 29.5 Å². The minimum absolute atomic E-state index is 0.00561. The fourth-order valence-electron chi connectivity index (χ4n) is 3.09. The number of carbonyl (C=O) groups excluding carboxylic acids is 2. The number of nitrogens with one attached hydrogen (secondary N) is 1. The molecule has 0 unspecified atom stereocenters. The van der Waals surface area contributed by atoms with Crippen molar-refractivity contribution in [2.75, 3.05) is 6.26 Å². The van der Waals surface area contributed by atoms with Crippen LogP contribution < -0.4 is 5.32 Å². The summed E-state index contributed by atoms with van der Waals surface area (Å²) in [7, 11) is -3.67. The zero-order valence-electron chi connectivity index (χ0n) is 14.5. The van der Waals surface area contributed by atoms with Crippen molar-refractivity contribution >= 4 is 33.1 Å². The molecule has 1 aliphatic heterocycles. The Kier molecular flexibility index (Phi) is 5.07. The molecule has 0 aromatic heterocycles. The number of benzene rings is 2. The predicted molar refractivity (Wildman–Crippen MR) is 102 cm³/mol. The van der Waals surface area contributed by atoms with Crippen molar-refractivity contribution in [3.05, 3.63) is 82.9 Å². The van der Waals surface area contributed by atoms with Crippen molar-refractivity contribution in [3.8, 4) is 0 Å². The number of fused-ring (bicyclic) bond motifs is 1. The van der Waals surface area contributed by atoms with E-state index in [1.165, 1.54) is 0 Å². The summed E-state index contributed by atoms with van der Waals surface area (Å²) in [6, 6.07) is 19.1. The van der Waals surface area contributed by atoms with E-state index in [4.69, 9.17) is 4.55 Å². The fourth-order valence-corrected chi connectivity index (χ4v) is 3.09. The van der Waals surface area contributed by atoms with Crippen LogP contribution in [-0.4, -0.2) is 30.9 Å². The number of Topliss-reactive ketones (excluding diaryl/α,β-unsaturated/α-hetero) is 1. The van der Waals surface area contributed by atoms with Gasteiger partial charge in [-0.2, -0.15) is 8.42 Å². The molecular formula is C20H17NO5S. The van der Waals surface area contributed by atoms with Gasteiger partial charge in [0.15, 0.2) is 5.78 Å². The maximum Gasteiger partial charge on any atom is 0.261 e. The van der Waals surface area contributed by atoms with Crippen LogP contribution in [0.2, 0.25) is 0 Å². The minimum Gasteiger partial charge on any atom is -0.321 e. The van der Waals surface area contributed by atoms with E-state index in [2.05, 4.69) is 5.32 Å². The first-order chi connectivity index (χ1) is 12.8. The molecule has 0 atom stereocenters. The summed E-state index contributed by atoms with van der Waals surface area (Å²) in [5.74, 6) is -0.176. The van der Waals surface area contributed by atoms with E-state index in [9.17, 15) is 18.0 Å². The topological polar surface area (TPSA) is 101 Å². The standard InChI is InChI=1S/C19H13NO2.CH4O3S/c21-15-11-14(12-7-3-1-4-8-12)16-17(15)18(20-19(16)22)13-9-5-2-6-10-13;1-5(2,3)4/h1-10H,11H2,(H,20,22);1H3,(H,2,3,4). The summed E-state index contributed by atoms with van der Waals surface area (Å²) in [5, 5.41) is 2.86. The summed E-state index contributed by atoms with van der Waals surface area (Å²) in [6.45, 7) is 0. The molecule has 1 amide bonds. The second-order valence-electron chi connectivity index (χ2n) is 6.12. The number of hydrogen-bond acceptors (Lipinski definition) is 4. The van der Waals surface area contributed by atoms with Crippen LogP contribution in [-0.2, 0) is 19.7 Å². The molecule has 0 radical (unpaired) electrons. The maximum absolute atomic E-state index is 12.5. The molecule has 4 rings (SSSR count). The Morgan fingerprint density at radius 3 is 1.85 bits per heavy atom. The van der Waals surface area contributed by atoms with E-state index in [-0.39, 0.29) is 11.7 Å². The molecule has 1 aliphatic carbocycles.